The van der Waals surface area contributed by atoms with Crippen LogP contribution in [0.25, 0.3) is 0 Å². The minimum Gasteiger partial charge on any atom is -0.371 e. The second-order valence-electron chi connectivity index (χ2n) is 6.56. The summed E-state index contributed by atoms with van der Waals surface area (Å²) in [5, 5.41) is 3.39. The fourth-order valence-electron chi connectivity index (χ4n) is 3.15. The van der Waals surface area contributed by atoms with Gasteiger partial charge in [0.15, 0.2) is 0 Å². The van der Waals surface area contributed by atoms with Gasteiger partial charge >= 0.3 is 0 Å². The number of halogens is 1. The number of amides is 1. The van der Waals surface area contributed by atoms with Crippen molar-refractivity contribution in [2.75, 3.05) is 18.0 Å². The average Bonchev–Trinajstić information content (AvgIpc) is 2.47. The van der Waals surface area contributed by atoms with Gasteiger partial charge in [-0.2, -0.15) is 0 Å². The van der Waals surface area contributed by atoms with E-state index >= 15 is 0 Å². The highest BCUT2D eigenvalue weighted by Gasteiger charge is 2.21. The molecule has 0 atom stereocenters. The number of aryl methyl sites for hydroxylation is 2. The first-order valence-corrected chi connectivity index (χ1v) is 8.77. The van der Waals surface area contributed by atoms with E-state index in [-0.39, 0.29) is 18.0 Å². The van der Waals surface area contributed by atoms with Crippen LogP contribution in [0.15, 0.2) is 23.0 Å². The van der Waals surface area contributed by atoms with Crippen LogP contribution in [0.3, 0.4) is 0 Å². The molecule has 0 spiro atoms. The molecule has 132 valence electrons. The van der Waals surface area contributed by atoms with E-state index in [4.69, 9.17) is 11.6 Å². The third-order valence-corrected chi connectivity index (χ3v) is 4.92. The lowest BCUT2D eigenvalue weighted by atomic mass is 10.0. The van der Waals surface area contributed by atoms with Gasteiger partial charge < -0.3 is 15.2 Å². The van der Waals surface area contributed by atoms with Crippen molar-refractivity contribution in [3.63, 3.8) is 0 Å². The van der Waals surface area contributed by atoms with Gasteiger partial charge in [0.25, 0.3) is 11.5 Å². The number of pyridine rings is 1. The topological polar surface area (TPSA) is 65.2 Å². The zero-order valence-electron chi connectivity index (χ0n) is 14.7. The third kappa shape index (κ3) is 3.56. The van der Waals surface area contributed by atoms with E-state index in [0.717, 1.165) is 42.0 Å². The highest BCUT2D eigenvalue weighted by molar-refractivity contribution is 6.31. The molecular formula is C19H22ClN3O2. The van der Waals surface area contributed by atoms with Crippen LogP contribution >= 0.6 is 11.6 Å². The Morgan fingerprint density at radius 1 is 1.24 bits per heavy atom. The molecule has 1 amide bonds. The van der Waals surface area contributed by atoms with Crippen LogP contribution in [-0.4, -0.2) is 24.0 Å². The minimum atomic E-state index is -0.221. The number of rotatable bonds is 4. The number of H-pyrrole nitrogens is 1. The highest BCUT2D eigenvalue weighted by atomic mass is 35.5. The van der Waals surface area contributed by atoms with Gasteiger partial charge in [-0.25, -0.2) is 0 Å². The van der Waals surface area contributed by atoms with Crippen molar-refractivity contribution in [2.24, 2.45) is 0 Å². The summed E-state index contributed by atoms with van der Waals surface area (Å²) in [5.41, 5.74) is 4.55. The lowest BCUT2D eigenvalue weighted by Crippen LogP contribution is -2.38. The van der Waals surface area contributed by atoms with Crippen LogP contribution in [0.4, 0.5) is 5.69 Å². The largest absolute Gasteiger partial charge is 0.371 e. The molecule has 1 saturated heterocycles. The number of carbonyl (C=O) groups is 1. The van der Waals surface area contributed by atoms with E-state index in [1.165, 1.54) is 0 Å². The predicted molar refractivity (Wildman–Crippen MR) is 101 cm³/mol. The molecule has 0 bridgehead atoms. The molecule has 1 fully saturated rings. The molecule has 2 N–H and O–H groups in total. The molecule has 2 heterocycles. The first kappa shape index (κ1) is 17.5. The van der Waals surface area contributed by atoms with Gasteiger partial charge in [-0.1, -0.05) is 11.6 Å². The molecule has 25 heavy (non-hydrogen) atoms. The van der Waals surface area contributed by atoms with Crippen molar-refractivity contribution < 1.29 is 4.79 Å². The van der Waals surface area contributed by atoms with E-state index in [9.17, 15) is 9.59 Å². The maximum Gasteiger partial charge on any atom is 0.253 e. The average molecular weight is 360 g/mol. The van der Waals surface area contributed by atoms with Gasteiger partial charge in [-0.05, 0) is 56.5 Å². The Morgan fingerprint density at radius 3 is 2.56 bits per heavy atom. The Kier molecular flexibility index (Phi) is 4.86. The van der Waals surface area contributed by atoms with Crippen LogP contribution in [-0.2, 0) is 6.54 Å². The SMILES string of the molecule is Cc1cc(C)c(CNC(=O)c2cc(Cl)cc(N3CCC3)c2C)c(=O)[nH]1. The number of benzene rings is 1. The zero-order valence-corrected chi connectivity index (χ0v) is 15.5. The number of hydrogen-bond donors (Lipinski definition) is 2. The van der Waals surface area contributed by atoms with E-state index in [1.54, 1.807) is 6.07 Å². The van der Waals surface area contributed by atoms with Gasteiger partial charge in [0.1, 0.15) is 0 Å². The Hall–Kier alpha value is -2.27. The van der Waals surface area contributed by atoms with Crippen molar-refractivity contribution in [1.29, 1.82) is 0 Å². The van der Waals surface area contributed by atoms with Gasteiger partial charge in [-0.3, -0.25) is 9.59 Å². The molecule has 5 nitrogen and oxygen atoms in total. The molecule has 1 aromatic heterocycles. The first-order valence-electron chi connectivity index (χ1n) is 8.39. The second kappa shape index (κ2) is 6.92. The Balaban J connectivity index is 1.82. The monoisotopic (exact) mass is 359 g/mol. The second-order valence-corrected chi connectivity index (χ2v) is 7.00. The van der Waals surface area contributed by atoms with Gasteiger partial charge in [0.05, 0.1) is 0 Å². The Bertz CT molecular complexity index is 885. The van der Waals surface area contributed by atoms with Crippen LogP contribution in [0, 0.1) is 20.8 Å². The Morgan fingerprint density at radius 2 is 1.96 bits per heavy atom. The van der Waals surface area contributed by atoms with Crippen LogP contribution in [0.5, 0.6) is 0 Å². The lowest BCUT2D eigenvalue weighted by Gasteiger charge is -2.35. The van der Waals surface area contributed by atoms with Crippen molar-refractivity contribution >= 4 is 23.2 Å². The molecule has 1 aliphatic heterocycles. The zero-order chi connectivity index (χ0) is 18.1. The number of anilines is 1. The number of nitrogens with one attached hydrogen (secondary N) is 2. The van der Waals surface area contributed by atoms with E-state index in [2.05, 4.69) is 15.2 Å². The standard InChI is InChI=1S/C19H22ClN3O2/c1-11-7-12(2)22-19(25)16(11)10-21-18(24)15-8-14(20)9-17(13(15)3)23-5-4-6-23/h7-9H,4-6,10H2,1-3H3,(H,21,24)(H,22,25). The normalized spacial score (nSPS) is 13.5. The molecule has 3 rings (SSSR count). The third-order valence-electron chi connectivity index (χ3n) is 4.71. The van der Waals surface area contributed by atoms with Gasteiger partial charge in [0.2, 0.25) is 0 Å². The summed E-state index contributed by atoms with van der Waals surface area (Å²) in [6, 6.07) is 5.49. The molecule has 1 aromatic carbocycles. The number of aromatic amines is 1. The summed E-state index contributed by atoms with van der Waals surface area (Å²) < 4.78 is 0. The first-order chi connectivity index (χ1) is 11.9. The summed E-state index contributed by atoms with van der Waals surface area (Å²) in [7, 11) is 0. The molecule has 0 saturated carbocycles. The Labute approximate surface area is 152 Å². The maximum absolute atomic E-state index is 12.7. The fraction of sp³-hybridized carbons (Fsp3) is 0.368. The fourth-order valence-corrected chi connectivity index (χ4v) is 3.36. The maximum atomic E-state index is 12.7. The summed E-state index contributed by atoms with van der Waals surface area (Å²) >= 11 is 6.21. The molecule has 0 unspecified atom stereocenters. The summed E-state index contributed by atoms with van der Waals surface area (Å²) in [6.07, 6.45) is 1.16. The number of nitrogens with zero attached hydrogens (tertiary/aromatic N) is 1. The number of hydrogen-bond acceptors (Lipinski definition) is 3. The summed E-state index contributed by atoms with van der Waals surface area (Å²) in [5.74, 6) is -0.221. The number of aromatic nitrogens is 1. The summed E-state index contributed by atoms with van der Waals surface area (Å²) in [6.45, 7) is 7.80. The molecular weight excluding hydrogens is 338 g/mol. The molecule has 1 aliphatic rings. The van der Waals surface area contributed by atoms with Crippen LogP contribution < -0.4 is 15.8 Å². The molecule has 0 radical (unpaired) electrons. The van der Waals surface area contributed by atoms with Crippen molar-refractivity contribution in [2.45, 2.75) is 33.7 Å². The quantitative estimate of drug-likeness (QED) is 0.881. The predicted octanol–water partition coefficient (Wildman–Crippen LogP) is 3.09. The van der Waals surface area contributed by atoms with E-state index < -0.39 is 0 Å². The smallest absolute Gasteiger partial charge is 0.253 e. The van der Waals surface area contributed by atoms with Crippen LogP contribution in [0.2, 0.25) is 5.02 Å². The lowest BCUT2D eigenvalue weighted by molar-refractivity contribution is 0.0950. The number of carbonyl (C=O) groups excluding carboxylic acids is 1. The minimum absolute atomic E-state index is 0.165. The highest BCUT2D eigenvalue weighted by Crippen LogP contribution is 2.30. The van der Waals surface area contributed by atoms with E-state index in [1.807, 2.05) is 32.9 Å². The molecule has 6 heteroatoms. The van der Waals surface area contributed by atoms with Crippen molar-refractivity contribution in [3.05, 3.63) is 61.5 Å². The van der Waals surface area contributed by atoms with Gasteiger partial charge in [0, 0.05) is 47.2 Å². The van der Waals surface area contributed by atoms with Crippen molar-refractivity contribution in [1.82, 2.24) is 10.3 Å². The van der Waals surface area contributed by atoms with Crippen molar-refractivity contribution in [3.8, 4) is 0 Å². The molecule has 2 aromatic rings. The summed E-state index contributed by atoms with van der Waals surface area (Å²) in [4.78, 5) is 29.7. The van der Waals surface area contributed by atoms with Crippen LogP contribution in [0.1, 0.15) is 39.2 Å². The van der Waals surface area contributed by atoms with E-state index in [0.29, 0.717) is 16.1 Å². The molecule has 0 aliphatic carbocycles. The van der Waals surface area contributed by atoms with Gasteiger partial charge in [-0.15, -0.1) is 0 Å².